The molecule has 0 aliphatic carbocycles. The number of hydrogen-bond acceptors (Lipinski definition) is 3. The molecule has 0 amide bonds. The zero-order chi connectivity index (χ0) is 13.6. The first-order valence-corrected chi connectivity index (χ1v) is 6.54. The fraction of sp³-hybridized carbons (Fsp3) is 0.643. The van der Waals surface area contributed by atoms with Crippen LogP contribution in [0.4, 0.5) is 0 Å². The van der Waals surface area contributed by atoms with Gasteiger partial charge < -0.3 is 9.84 Å². The molecule has 100 valence electrons. The lowest BCUT2D eigenvalue weighted by molar-refractivity contribution is -0.125. The van der Waals surface area contributed by atoms with Gasteiger partial charge in [-0.1, -0.05) is 11.6 Å². The molecule has 1 unspecified atom stereocenters. The predicted octanol–water partition coefficient (Wildman–Crippen LogP) is 2.99. The van der Waals surface area contributed by atoms with E-state index in [2.05, 4.69) is 4.98 Å². The van der Waals surface area contributed by atoms with E-state index in [0.717, 1.165) is 5.56 Å². The summed E-state index contributed by atoms with van der Waals surface area (Å²) in [7, 11) is 0. The van der Waals surface area contributed by atoms with E-state index < -0.39 is 11.2 Å². The fourth-order valence-electron chi connectivity index (χ4n) is 2.88. The third kappa shape index (κ3) is 2.40. The molecule has 1 aliphatic heterocycles. The fourth-order valence-corrected chi connectivity index (χ4v) is 3.06. The first-order valence-electron chi connectivity index (χ1n) is 6.16. The van der Waals surface area contributed by atoms with E-state index in [9.17, 15) is 5.11 Å². The topological polar surface area (TPSA) is 42.4 Å². The Morgan fingerprint density at radius 2 is 2.06 bits per heavy atom. The second kappa shape index (κ2) is 4.19. The summed E-state index contributed by atoms with van der Waals surface area (Å²) in [4.78, 5) is 3.96. The van der Waals surface area contributed by atoms with Gasteiger partial charge in [-0.2, -0.15) is 0 Å². The number of rotatable bonds is 2. The lowest BCUT2D eigenvalue weighted by atomic mass is 9.78. The molecule has 3 nitrogen and oxygen atoms in total. The molecule has 0 spiro atoms. The number of hydrogen-bond donors (Lipinski definition) is 1. The van der Waals surface area contributed by atoms with Crippen LogP contribution in [0.25, 0.3) is 0 Å². The van der Waals surface area contributed by atoms with Gasteiger partial charge in [-0.25, -0.2) is 0 Å². The summed E-state index contributed by atoms with van der Waals surface area (Å²) < 4.78 is 5.96. The van der Waals surface area contributed by atoms with Crippen molar-refractivity contribution >= 4 is 11.6 Å². The Bertz CT molecular complexity index is 459. The van der Waals surface area contributed by atoms with Crippen molar-refractivity contribution < 1.29 is 9.84 Å². The maximum absolute atomic E-state index is 10.9. The van der Waals surface area contributed by atoms with E-state index in [0.29, 0.717) is 17.9 Å². The SMILES string of the molecule is CC1(C)CC(O)(Cc2ccncc2Cl)C(C)(C)O1. The van der Waals surface area contributed by atoms with Gasteiger partial charge in [0.1, 0.15) is 0 Å². The molecule has 1 N–H and O–H groups in total. The highest BCUT2D eigenvalue weighted by molar-refractivity contribution is 6.31. The highest BCUT2D eigenvalue weighted by atomic mass is 35.5. The first-order chi connectivity index (χ1) is 8.15. The number of halogens is 1. The predicted molar refractivity (Wildman–Crippen MR) is 71.8 cm³/mol. The summed E-state index contributed by atoms with van der Waals surface area (Å²) >= 11 is 6.11. The maximum atomic E-state index is 10.9. The van der Waals surface area contributed by atoms with Crippen molar-refractivity contribution in [3.8, 4) is 0 Å². The minimum atomic E-state index is -0.915. The second-order valence-corrected chi connectivity index (χ2v) is 6.63. The van der Waals surface area contributed by atoms with Gasteiger partial charge in [0, 0.05) is 25.2 Å². The van der Waals surface area contributed by atoms with Crippen LogP contribution in [0.3, 0.4) is 0 Å². The van der Waals surface area contributed by atoms with E-state index in [1.807, 2.05) is 33.8 Å². The summed E-state index contributed by atoms with van der Waals surface area (Å²) in [5.41, 5.74) is -0.925. The van der Waals surface area contributed by atoms with Crippen LogP contribution in [0.15, 0.2) is 18.5 Å². The number of pyridine rings is 1. The minimum Gasteiger partial charge on any atom is -0.386 e. The van der Waals surface area contributed by atoms with Gasteiger partial charge in [0.2, 0.25) is 0 Å². The molecule has 0 aromatic carbocycles. The number of nitrogens with zero attached hydrogens (tertiary/aromatic N) is 1. The van der Waals surface area contributed by atoms with Crippen LogP contribution in [0.2, 0.25) is 5.02 Å². The van der Waals surface area contributed by atoms with E-state index in [1.54, 1.807) is 12.4 Å². The standard InChI is InChI=1S/C14H20ClNO2/c1-12(2)9-14(17,13(3,4)18-12)7-10-5-6-16-8-11(10)15/h5-6,8,17H,7,9H2,1-4H3. The average molecular weight is 270 g/mol. The molecule has 1 aliphatic rings. The van der Waals surface area contributed by atoms with Gasteiger partial charge in [0.05, 0.1) is 21.8 Å². The van der Waals surface area contributed by atoms with E-state index in [-0.39, 0.29) is 5.60 Å². The molecule has 1 aromatic heterocycles. The van der Waals surface area contributed by atoms with Crippen molar-refractivity contribution in [3.63, 3.8) is 0 Å². The first kappa shape index (κ1) is 13.8. The van der Waals surface area contributed by atoms with Crippen LogP contribution in [0.1, 0.15) is 39.7 Å². The minimum absolute atomic E-state index is 0.322. The van der Waals surface area contributed by atoms with Gasteiger partial charge >= 0.3 is 0 Å². The van der Waals surface area contributed by atoms with Crippen LogP contribution in [0.5, 0.6) is 0 Å². The Morgan fingerprint density at radius 1 is 1.39 bits per heavy atom. The van der Waals surface area contributed by atoms with Gasteiger partial charge in [0.25, 0.3) is 0 Å². The lowest BCUT2D eigenvalue weighted by Gasteiger charge is -2.35. The summed E-state index contributed by atoms with van der Waals surface area (Å²) in [5, 5.41) is 11.5. The van der Waals surface area contributed by atoms with Crippen molar-refractivity contribution in [1.29, 1.82) is 0 Å². The Labute approximate surface area is 113 Å². The van der Waals surface area contributed by atoms with Crippen molar-refractivity contribution in [1.82, 2.24) is 4.98 Å². The lowest BCUT2D eigenvalue weighted by Crippen LogP contribution is -2.48. The summed E-state index contributed by atoms with van der Waals surface area (Å²) in [5.74, 6) is 0. The van der Waals surface area contributed by atoms with Gasteiger partial charge in [0.15, 0.2) is 0 Å². The average Bonchev–Trinajstić information content (AvgIpc) is 2.34. The van der Waals surface area contributed by atoms with Crippen molar-refractivity contribution in [2.75, 3.05) is 0 Å². The molecule has 0 radical (unpaired) electrons. The molecule has 2 rings (SSSR count). The highest BCUT2D eigenvalue weighted by Crippen LogP contribution is 2.46. The van der Waals surface area contributed by atoms with E-state index in [4.69, 9.17) is 16.3 Å². The Hall–Kier alpha value is -0.640. The Morgan fingerprint density at radius 3 is 2.56 bits per heavy atom. The van der Waals surface area contributed by atoms with E-state index in [1.165, 1.54) is 0 Å². The van der Waals surface area contributed by atoms with Crippen molar-refractivity contribution in [2.45, 2.75) is 57.3 Å². The normalized spacial score (nSPS) is 29.4. The monoisotopic (exact) mass is 269 g/mol. The highest BCUT2D eigenvalue weighted by Gasteiger charge is 2.56. The van der Waals surface area contributed by atoms with Crippen LogP contribution in [-0.4, -0.2) is 26.9 Å². The molecule has 1 atom stereocenters. The largest absolute Gasteiger partial charge is 0.386 e. The Balaban J connectivity index is 2.30. The number of aromatic nitrogens is 1. The molecule has 0 saturated carbocycles. The number of ether oxygens (including phenoxy) is 1. The molecule has 18 heavy (non-hydrogen) atoms. The second-order valence-electron chi connectivity index (χ2n) is 6.22. The smallest absolute Gasteiger partial charge is 0.0998 e. The van der Waals surface area contributed by atoms with Gasteiger partial charge in [-0.3, -0.25) is 4.98 Å². The van der Waals surface area contributed by atoms with Crippen LogP contribution < -0.4 is 0 Å². The van der Waals surface area contributed by atoms with Gasteiger partial charge in [-0.05, 0) is 39.3 Å². The zero-order valence-electron chi connectivity index (χ0n) is 11.3. The zero-order valence-corrected chi connectivity index (χ0v) is 12.1. The molecule has 1 fully saturated rings. The number of aliphatic hydroxyl groups is 1. The van der Waals surface area contributed by atoms with Crippen LogP contribution >= 0.6 is 11.6 Å². The van der Waals surface area contributed by atoms with Crippen LogP contribution in [-0.2, 0) is 11.2 Å². The molecule has 1 aromatic rings. The molecular weight excluding hydrogens is 250 g/mol. The molecule has 1 saturated heterocycles. The quantitative estimate of drug-likeness (QED) is 0.898. The third-order valence-corrected chi connectivity index (χ3v) is 4.05. The summed E-state index contributed by atoms with van der Waals surface area (Å²) in [6.07, 6.45) is 4.36. The van der Waals surface area contributed by atoms with Crippen molar-refractivity contribution in [3.05, 3.63) is 29.0 Å². The Kier molecular flexibility index (Phi) is 3.21. The molecule has 2 heterocycles. The summed E-state index contributed by atoms with van der Waals surface area (Å²) in [6, 6.07) is 1.85. The summed E-state index contributed by atoms with van der Waals surface area (Å²) in [6.45, 7) is 7.86. The van der Waals surface area contributed by atoms with Gasteiger partial charge in [-0.15, -0.1) is 0 Å². The molecule has 0 bridgehead atoms. The maximum Gasteiger partial charge on any atom is 0.0998 e. The van der Waals surface area contributed by atoms with Crippen molar-refractivity contribution in [2.24, 2.45) is 0 Å². The van der Waals surface area contributed by atoms with Crippen LogP contribution in [0, 0.1) is 0 Å². The third-order valence-electron chi connectivity index (χ3n) is 3.71. The molecular formula is C14H20ClNO2. The molecule has 4 heteroatoms. The van der Waals surface area contributed by atoms with E-state index >= 15 is 0 Å².